The minimum Gasteiger partial charge on any atom is -0.310 e. The van der Waals surface area contributed by atoms with Crippen molar-refractivity contribution in [1.29, 1.82) is 0 Å². The summed E-state index contributed by atoms with van der Waals surface area (Å²) >= 11 is 0. The normalized spacial score (nSPS) is 35.4. The SMILES string of the molecule is CC1NC(C)C23c4c5c6c7c8c9c%10c%11c%12c%13c%14c%15c%16c%17c%18c%14c%14c%19c%20c%21c%22c%23c%24c(c%25c4c4c6c8c6c%10c8c%10c%11c(c%14%13)c%20c%10c%10c%21c%24c%11c%25c4c6c8c%11%10)C12C=%23C(=C%17C3C5C%16=C7C%15C%129)C%18C%19%22. The lowest BCUT2D eigenvalue weighted by atomic mass is 9.41. The van der Waals surface area contributed by atoms with Crippen LogP contribution in [0, 0.1) is 5.92 Å². The van der Waals surface area contributed by atoms with Crippen LogP contribution in [-0.2, 0) is 10.8 Å². The third-order valence-electron chi connectivity index (χ3n) is 26.8. The Labute approximate surface area is 358 Å². The Balaban J connectivity index is 1.20. The summed E-state index contributed by atoms with van der Waals surface area (Å²) in [5, 5.41) is 65.8. The fraction of sp³-hybridized carbons (Fsp3) is 0.188. The predicted molar refractivity (Wildman–Crippen MR) is 263 cm³/mol. The highest BCUT2D eigenvalue weighted by atomic mass is 15.1. The van der Waals surface area contributed by atoms with Crippen LogP contribution in [0.4, 0.5) is 0 Å². The highest BCUT2D eigenvalue weighted by Crippen LogP contribution is 2.92. The van der Waals surface area contributed by atoms with E-state index < -0.39 is 0 Å². The molecule has 65 heavy (non-hydrogen) atoms. The van der Waals surface area contributed by atoms with E-state index in [0.717, 1.165) is 0 Å². The van der Waals surface area contributed by atoms with E-state index in [1.54, 1.807) is 189 Å². The first-order valence-electron chi connectivity index (χ1n) is 25.5. The van der Waals surface area contributed by atoms with Crippen molar-refractivity contribution in [2.75, 3.05) is 0 Å². The number of hydrogen-bond donors (Lipinski definition) is 1. The van der Waals surface area contributed by atoms with Crippen LogP contribution in [0.5, 0.6) is 0 Å². The standard InChI is InChI=1S/C64H15N/c1-3-63-59-51-43-33-23-15-7-5-6-9-13-11(7)19-27-21(13)31-25-17(9)18-10(6)14-12-8(5)16(15)24-30-20(12)28-22(14)32-26(18)36-35(25)45-39(31)49-41(27)47(37(43)29(19)23)55(59)57(49)61-53(45)54-46(36)40(32)50-42(28)48-38(30)44(34(24)33)52(51)60(63)56(48)58(50)62(54)64(61,63)4(2)65-3/h3-4,15,23,39,49,51,59,65H,1-2H3. The second-order valence-corrected chi connectivity index (χ2v) is 26.1. The molecule has 1 N–H and O–H groups in total. The van der Waals surface area contributed by atoms with Gasteiger partial charge in [0, 0.05) is 58.4 Å². The maximum Gasteiger partial charge on any atom is 0.0493 e. The molecule has 1 aliphatic heterocycles. The van der Waals surface area contributed by atoms with Crippen molar-refractivity contribution in [2.24, 2.45) is 5.92 Å². The van der Waals surface area contributed by atoms with Gasteiger partial charge in [-0.25, -0.2) is 0 Å². The van der Waals surface area contributed by atoms with E-state index in [1.165, 1.54) is 0 Å². The van der Waals surface area contributed by atoms with Crippen LogP contribution in [0.15, 0.2) is 5.57 Å². The van der Waals surface area contributed by atoms with Crippen molar-refractivity contribution >= 4 is 205 Å². The summed E-state index contributed by atoms with van der Waals surface area (Å²) in [5.74, 6) is 2.76. The largest absolute Gasteiger partial charge is 0.310 e. The number of benzene rings is 12. The van der Waals surface area contributed by atoms with Crippen molar-refractivity contribution in [1.82, 2.24) is 5.32 Å². The van der Waals surface area contributed by atoms with Crippen molar-refractivity contribution in [3.63, 3.8) is 0 Å². The number of hydrogen-bond acceptors (Lipinski definition) is 1. The fourth-order valence-electron chi connectivity index (χ4n) is 27.5. The minimum absolute atomic E-state index is 0.0237. The average molecular weight is 798 g/mol. The van der Waals surface area contributed by atoms with E-state index in [9.17, 15) is 0 Å². The maximum absolute atomic E-state index is 4.65. The molecule has 0 aromatic heterocycles. The first-order valence-corrected chi connectivity index (χ1v) is 25.5. The van der Waals surface area contributed by atoms with Crippen LogP contribution < -0.4 is 10.5 Å². The van der Waals surface area contributed by atoms with Gasteiger partial charge in [0.05, 0.1) is 0 Å². The molecule has 0 saturated carbocycles. The van der Waals surface area contributed by atoms with Gasteiger partial charge in [-0.2, -0.15) is 0 Å². The highest BCUT2D eigenvalue weighted by Gasteiger charge is 2.83. The van der Waals surface area contributed by atoms with Crippen LogP contribution in [0.3, 0.4) is 0 Å². The van der Waals surface area contributed by atoms with Crippen LogP contribution in [0.1, 0.15) is 110 Å². The van der Waals surface area contributed by atoms with E-state index in [4.69, 9.17) is 0 Å². The molecular formula is C64H15N. The summed E-state index contributed by atoms with van der Waals surface area (Å²) in [6, 6.07) is 0.751. The van der Waals surface area contributed by atoms with Gasteiger partial charge in [0.2, 0.25) is 0 Å². The van der Waals surface area contributed by atoms with Gasteiger partial charge in [-0.05, 0) is 297 Å². The van der Waals surface area contributed by atoms with Gasteiger partial charge >= 0.3 is 0 Å². The molecule has 18 aromatic carbocycles. The van der Waals surface area contributed by atoms with E-state index in [0.29, 0.717) is 47.6 Å². The molecule has 1 heteroatoms. The molecule has 0 radical (unpaired) electrons. The average Bonchev–Trinajstić information content (AvgIpc) is 4.14. The molecule has 10 unspecified atom stereocenters. The second-order valence-electron chi connectivity index (χ2n) is 26.1. The zero-order chi connectivity index (χ0) is 38.3. The Morgan fingerprint density at radius 1 is 0.292 bits per heavy atom. The fourth-order valence-corrected chi connectivity index (χ4v) is 27.5. The lowest BCUT2D eigenvalue weighted by Crippen LogP contribution is -2.60. The summed E-state index contributed by atoms with van der Waals surface area (Å²) in [4.78, 5) is 0. The molecule has 1 fully saturated rings. The molecule has 0 bridgehead atoms. The van der Waals surface area contributed by atoms with Gasteiger partial charge in [-0.15, -0.1) is 0 Å². The Hall–Kier alpha value is -6.80. The van der Waals surface area contributed by atoms with Crippen LogP contribution in [-0.4, -0.2) is 12.1 Å². The van der Waals surface area contributed by atoms with E-state index in [-0.39, 0.29) is 10.8 Å². The molecule has 1 heterocycles. The number of allylic oxidation sites excluding steroid dienone is 4. The highest BCUT2D eigenvalue weighted by molar-refractivity contribution is 6.73. The van der Waals surface area contributed by atoms with Crippen LogP contribution >= 0.6 is 0 Å². The maximum atomic E-state index is 4.65. The third-order valence-corrected chi connectivity index (χ3v) is 26.8. The van der Waals surface area contributed by atoms with Crippen molar-refractivity contribution in [3.8, 4) is 0 Å². The van der Waals surface area contributed by atoms with Crippen LogP contribution in [0.2, 0.25) is 0 Å². The second kappa shape index (κ2) is 5.21. The van der Waals surface area contributed by atoms with Crippen molar-refractivity contribution in [2.45, 2.75) is 66.4 Å². The van der Waals surface area contributed by atoms with Gasteiger partial charge in [-0.3, -0.25) is 0 Å². The number of nitrogens with one attached hydrogen (secondary N) is 1. The van der Waals surface area contributed by atoms with Gasteiger partial charge in [-0.1, -0.05) is 0 Å². The monoisotopic (exact) mass is 797 g/mol. The van der Waals surface area contributed by atoms with E-state index in [1.807, 2.05) is 94.3 Å². The molecule has 276 valence electrons. The van der Waals surface area contributed by atoms with Crippen molar-refractivity contribution < 1.29 is 0 Å². The van der Waals surface area contributed by atoms with Gasteiger partial charge < -0.3 is 5.32 Å². The molecule has 10 atom stereocenters. The quantitative estimate of drug-likeness (QED) is 0.151. The Kier molecular flexibility index (Phi) is 1.92. The predicted octanol–water partition coefficient (Wildman–Crippen LogP) is 13.6. The minimum atomic E-state index is -0.0787. The van der Waals surface area contributed by atoms with Crippen LogP contribution in [0.25, 0.3) is 205 Å². The molecule has 33 rings (SSSR count). The van der Waals surface area contributed by atoms with Gasteiger partial charge in [0.25, 0.3) is 0 Å². The molecule has 2 spiro atoms. The molecule has 0 amide bonds. The van der Waals surface area contributed by atoms with Gasteiger partial charge in [0.15, 0.2) is 0 Å². The molecule has 18 aromatic rings. The summed E-state index contributed by atoms with van der Waals surface area (Å²) in [5.41, 5.74) is 31.5. The molecule has 1 saturated heterocycles. The summed E-state index contributed by atoms with van der Waals surface area (Å²) in [7, 11) is 0. The Morgan fingerprint density at radius 3 is 1.34 bits per heavy atom. The van der Waals surface area contributed by atoms with Gasteiger partial charge in [0.1, 0.15) is 0 Å². The topological polar surface area (TPSA) is 12.0 Å². The molecule has 1 nitrogen and oxygen atoms in total. The summed E-state index contributed by atoms with van der Waals surface area (Å²) in [6.45, 7) is 5.46. The first kappa shape index (κ1) is 23.9. The molecule has 14 aliphatic carbocycles. The third kappa shape index (κ3) is 1.19. The van der Waals surface area contributed by atoms with E-state index in [2.05, 4.69) is 19.2 Å². The molecular weight excluding hydrogens is 783 g/mol. The Morgan fingerprint density at radius 2 is 0.708 bits per heavy atom. The number of rotatable bonds is 0. The lowest BCUT2D eigenvalue weighted by Gasteiger charge is -2.59. The summed E-state index contributed by atoms with van der Waals surface area (Å²) < 4.78 is 0. The lowest BCUT2D eigenvalue weighted by molar-refractivity contribution is 0.228. The van der Waals surface area contributed by atoms with Crippen molar-refractivity contribution in [3.05, 3.63) is 77.6 Å². The smallest absolute Gasteiger partial charge is 0.0493 e. The molecule has 15 aliphatic rings. The summed E-state index contributed by atoms with van der Waals surface area (Å²) in [6.07, 6.45) is 0. The first-order chi connectivity index (χ1) is 32.3. The van der Waals surface area contributed by atoms with E-state index >= 15 is 0 Å². The zero-order valence-electron chi connectivity index (χ0n) is 34.1. The Bertz CT molecular complexity index is 6400. The zero-order valence-corrected chi connectivity index (χ0v) is 34.1.